The molecule has 8 unspecified atom stereocenters. The molecular formula is C27H46O5. The van der Waals surface area contributed by atoms with Gasteiger partial charge in [0.25, 0.3) is 0 Å². The van der Waals surface area contributed by atoms with Crippen molar-refractivity contribution in [2.75, 3.05) is 35.5 Å². The van der Waals surface area contributed by atoms with Crippen molar-refractivity contribution in [1.82, 2.24) is 0 Å². The minimum Gasteiger partial charge on any atom is -0.381 e. The van der Waals surface area contributed by atoms with E-state index in [4.69, 9.17) is 23.7 Å². The summed E-state index contributed by atoms with van der Waals surface area (Å²) in [4.78, 5) is 0. The molecule has 32 heavy (non-hydrogen) atoms. The highest BCUT2D eigenvalue weighted by Crippen LogP contribution is 2.36. The van der Waals surface area contributed by atoms with E-state index in [1.54, 1.807) is 28.4 Å². The standard InChI is InChI=1S/C27H46O5/c1-28-23-15-21(8-6-19-10-12-24(29-2)26(17-19)31-4)14-22(16-23)9-7-20-11-13-25(30-3)27(18-20)32-5/h6-9,19-27H,10-18H2,1-5H3/b8-6+,9-7+. The minimum atomic E-state index is 0.210. The zero-order valence-electron chi connectivity index (χ0n) is 20.9. The molecule has 0 N–H and O–H groups in total. The Labute approximate surface area is 195 Å². The van der Waals surface area contributed by atoms with Gasteiger partial charge in [-0.1, -0.05) is 24.3 Å². The zero-order valence-corrected chi connectivity index (χ0v) is 20.9. The zero-order chi connectivity index (χ0) is 22.9. The molecule has 0 radical (unpaired) electrons. The Morgan fingerprint density at radius 2 is 0.812 bits per heavy atom. The van der Waals surface area contributed by atoms with Crippen molar-refractivity contribution in [2.45, 2.75) is 88.3 Å². The third kappa shape index (κ3) is 7.14. The van der Waals surface area contributed by atoms with E-state index in [0.717, 1.165) is 38.5 Å². The maximum absolute atomic E-state index is 5.82. The summed E-state index contributed by atoms with van der Waals surface area (Å²) in [6.45, 7) is 0. The van der Waals surface area contributed by atoms with Crippen LogP contribution in [0.15, 0.2) is 24.3 Å². The summed E-state index contributed by atoms with van der Waals surface area (Å²) in [7, 11) is 9.07. The van der Waals surface area contributed by atoms with Crippen molar-refractivity contribution in [3.05, 3.63) is 24.3 Å². The largest absolute Gasteiger partial charge is 0.381 e. The molecule has 3 aliphatic rings. The first-order chi connectivity index (χ1) is 15.6. The van der Waals surface area contributed by atoms with Crippen LogP contribution in [0.5, 0.6) is 0 Å². The molecule has 0 aromatic heterocycles. The van der Waals surface area contributed by atoms with Gasteiger partial charge in [0.15, 0.2) is 0 Å². The van der Waals surface area contributed by atoms with Crippen molar-refractivity contribution < 1.29 is 23.7 Å². The molecular weight excluding hydrogens is 404 g/mol. The predicted octanol–water partition coefficient (Wildman–Crippen LogP) is 5.19. The molecule has 8 atom stereocenters. The summed E-state index contributed by atoms with van der Waals surface area (Å²) in [5, 5.41) is 0. The average molecular weight is 451 g/mol. The Hall–Kier alpha value is -0.720. The Kier molecular flexibility index (Phi) is 10.7. The van der Waals surface area contributed by atoms with Gasteiger partial charge in [-0.15, -0.1) is 0 Å². The van der Waals surface area contributed by atoms with Gasteiger partial charge >= 0.3 is 0 Å². The third-order valence-electron chi connectivity index (χ3n) is 8.14. The van der Waals surface area contributed by atoms with Crippen molar-refractivity contribution in [3.8, 4) is 0 Å². The van der Waals surface area contributed by atoms with Crippen LogP contribution in [0.2, 0.25) is 0 Å². The second-order valence-electron chi connectivity index (χ2n) is 10.1. The van der Waals surface area contributed by atoms with Crippen LogP contribution >= 0.6 is 0 Å². The van der Waals surface area contributed by atoms with E-state index in [-0.39, 0.29) is 24.4 Å². The van der Waals surface area contributed by atoms with E-state index in [1.165, 1.54) is 19.3 Å². The van der Waals surface area contributed by atoms with Crippen LogP contribution in [0.1, 0.15) is 57.8 Å². The smallest absolute Gasteiger partial charge is 0.0838 e. The summed E-state index contributed by atoms with van der Waals surface area (Å²) in [6, 6.07) is 0. The van der Waals surface area contributed by atoms with Crippen LogP contribution < -0.4 is 0 Å². The normalized spacial score (nSPS) is 41.5. The molecule has 184 valence electrons. The van der Waals surface area contributed by atoms with E-state index in [9.17, 15) is 0 Å². The Balaban J connectivity index is 1.54. The Bertz CT molecular complexity index is 543. The first-order valence-corrected chi connectivity index (χ1v) is 12.6. The van der Waals surface area contributed by atoms with Gasteiger partial charge in [0.2, 0.25) is 0 Å². The highest BCUT2D eigenvalue weighted by atomic mass is 16.5. The highest BCUT2D eigenvalue weighted by Gasteiger charge is 2.32. The minimum absolute atomic E-state index is 0.210. The van der Waals surface area contributed by atoms with E-state index in [1.807, 2.05) is 7.11 Å². The Morgan fingerprint density at radius 1 is 0.406 bits per heavy atom. The van der Waals surface area contributed by atoms with E-state index < -0.39 is 0 Å². The lowest BCUT2D eigenvalue weighted by Crippen LogP contribution is -2.36. The molecule has 3 saturated carbocycles. The number of ether oxygens (including phenoxy) is 5. The van der Waals surface area contributed by atoms with Gasteiger partial charge in [0.05, 0.1) is 30.5 Å². The summed E-state index contributed by atoms with van der Waals surface area (Å²) in [5.41, 5.74) is 0. The molecule has 0 aromatic rings. The van der Waals surface area contributed by atoms with Gasteiger partial charge in [-0.3, -0.25) is 0 Å². The summed E-state index contributed by atoms with van der Waals surface area (Å²) in [6.07, 6.45) is 21.2. The number of hydrogen-bond donors (Lipinski definition) is 0. The molecule has 3 aliphatic carbocycles. The van der Waals surface area contributed by atoms with Gasteiger partial charge in [0.1, 0.15) is 0 Å². The monoisotopic (exact) mass is 450 g/mol. The van der Waals surface area contributed by atoms with Crippen LogP contribution in [-0.2, 0) is 23.7 Å². The molecule has 0 heterocycles. The van der Waals surface area contributed by atoms with E-state index in [0.29, 0.717) is 29.8 Å². The SMILES string of the molecule is COC1CC(/C=C/C2CCC(OC)C(OC)C2)CC(/C=C/C2CCC(OC)C(OC)C2)C1. The first-order valence-electron chi connectivity index (χ1n) is 12.6. The van der Waals surface area contributed by atoms with Crippen molar-refractivity contribution in [1.29, 1.82) is 0 Å². The van der Waals surface area contributed by atoms with Crippen molar-refractivity contribution >= 4 is 0 Å². The molecule has 0 aromatic carbocycles. The van der Waals surface area contributed by atoms with Gasteiger partial charge in [0, 0.05) is 35.5 Å². The molecule has 5 heteroatoms. The molecule has 3 rings (SSSR count). The first kappa shape index (κ1) is 25.9. The Morgan fingerprint density at radius 3 is 1.19 bits per heavy atom. The molecule has 0 aliphatic heterocycles. The van der Waals surface area contributed by atoms with Gasteiger partial charge in [-0.05, 0) is 81.5 Å². The lowest BCUT2D eigenvalue weighted by molar-refractivity contribution is -0.0656. The molecule has 3 fully saturated rings. The fraction of sp³-hybridized carbons (Fsp3) is 0.852. The number of allylic oxidation sites excluding steroid dienone is 4. The lowest BCUT2D eigenvalue weighted by Gasteiger charge is -2.35. The number of hydrogen-bond acceptors (Lipinski definition) is 5. The molecule has 5 nitrogen and oxygen atoms in total. The molecule has 0 amide bonds. The predicted molar refractivity (Wildman–Crippen MR) is 128 cm³/mol. The van der Waals surface area contributed by atoms with Gasteiger partial charge in [-0.25, -0.2) is 0 Å². The van der Waals surface area contributed by atoms with Crippen LogP contribution in [0.4, 0.5) is 0 Å². The number of rotatable bonds is 9. The third-order valence-corrected chi connectivity index (χ3v) is 8.14. The quantitative estimate of drug-likeness (QED) is 0.452. The van der Waals surface area contributed by atoms with Gasteiger partial charge in [-0.2, -0.15) is 0 Å². The number of methoxy groups -OCH3 is 5. The maximum atomic E-state index is 5.82. The van der Waals surface area contributed by atoms with Crippen molar-refractivity contribution in [2.24, 2.45) is 23.7 Å². The van der Waals surface area contributed by atoms with E-state index in [2.05, 4.69) is 24.3 Å². The van der Waals surface area contributed by atoms with Crippen LogP contribution in [0.3, 0.4) is 0 Å². The average Bonchev–Trinajstić information content (AvgIpc) is 2.85. The van der Waals surface area contributed by atoms with Gasteiger partial charge < -0.3 is 23.7 Å². The van der Waals surface area contributed by atoms with Crippen LogP contribution in [-0.4, -0.2) is 66.1 Å². The molecule has 0 spiro atoms. The summed E-state index contributed by atoms with van der Waals surface area (Å²) >= 11 is 0. The lowest BCUT2D eigenvalue weighted by atomic mass is 9.77. The molecule has 0 saturated heterocycles. The topological polar surface area (TPSA) is 46.2 Å². The molecule has 0 bridgehead atoms. The van der Waals surface area contributed by atoms with E-state index >= 15 is 0 Å². The van der Waals surface area contributed by atoms with Crippen LogP contribution in [0.25, 0.3) is 0 Å². The highest BCUT2D eigenvalue weighted by molar-refractivity contribution is 5.04. The summed E-state index contributed by atoms with van der Waals surface area (Å²) in [5.74, 6) is 2.34. The summed E-state index contributed by atoms with van der Waals surface area (Å²) < 4.78 is 28.4. The maximum Gasteiger partial charge on any atom is 0.0838 e. The second-order valence-corrected chi connectivity index (χ2v) is 10.1. The second kappa shape index (κ2) is 13.2. The fourth-order valence-electron chi connectivity index (χ4n) is 6.14. The fourth-order valence-corrected chi connectivity index (χ4v) is 6.14. The van der Waals surface area contributed by atoms with Crippen molar-refractivity contribution in [3.63, 3.8) is 0 Å². The van der Waals surface area contributed by atoms with Crippen LogP contribution in [0, 0.1) is 23.7 Å².